The molecule has 0 aliphatic carbocycles. The Morgan fingerprint density at radius 1 is 1.28 bits per heavy atom. The number of aromatic nitrogens is 1. The normalized spacial score (nSPS) is 11.6. The van der Waals surface area contributed by atoms with Crippen molar-refractivity contribution in [2.75, 3.05) is 19.0 Å². The first-order valence-corrected chi connectivity index (χ1v) is 5.89. The van der Waals surface area contributed by atoms with Gasteiger partial charge in [0.25, 0.3) is 0 Å². The van der Waals surface area contributed by atoms with Crippen LogP contribution in [-0.2, 0) is 0 Å². The Bertz CT molecular complexity index is 547. The highest BCUT2D eigenvalue weighted by molar-refractivity contribution is 5.95. The summed E-state index contributed by atoms with van der Waals surface area (Å²) in [7, 11) is 1.65. The Kier molecular flexibility index (Phi) is 3.39. The highest BCUT2D eigenvalue weighted by Gasteiger charge is 2.13. The van der Waals surface area contributed by atoms with E-state index in [4.69, 9.17) is 4.74 Å². The van der Waals surface area contributed by atoms with Gasteiger partial charge in [0.1, 0.15) is 11.6 Å². The van der Waals surface area contributed by atoms with Gasteiger partial charge < -0.3 is 15.2 Å². The fourth-order valence-electron chi connectivity index (χ4n) is 1.80. The van der Waals surface area contributed by atoms with Crippen LogP contribution in [0.2, 0.25) is 0 Å². The summed E-state index contributed by atoms with van der Waals surface area (Å²) in [5, 5.41) is 14.9. The van der Waals surface area contributed by atoms with Gasteiger partial charge in [0, 0.05) is 23.5 Å². The second-order valence-corrected chi connectivity index (χ2v) is 4.88. The molecule has 0 unspecified atom stereocenters. The number of anilines is 1. The van der Waals surface area contributed by atoms with Crippen LogP contribution in [0.4, 0.5) is 5.82 Å². The molecule has 1 aromatic carbocycles. The van der Waals surface area contributed by atoms with Crippen molar-refractivity contribution in [1.29, 1.82) is 0 Å². The third-order valence-corrected chi connectivity index (χ3v) is 2.67. The zero-order valence-electron chi connectivity index (χ0n) is 10.9. The van der Waals surface area contributed by atoms with Crippen molar-refractivity contribution in [3.8, 4) is 5.75 Å². The molecule has 1 heterocycles. The van der Waals surface area contributed by atoms with Crippen LogP contribution in [0.15, 0.2) is 30.5 Å². The average Bonchev–Trinajstić information content (AvgIpc) is 2.34. The molecule has 0 radical (unpaired) electrons. The summed E-state index contributed by atoms with van der Waals surface area (Å²) in [6.45, 7) is 3.95. The lowest BCUT2D eigenvalue weighted by molar-refractivity contribution is 0.0944. The minimum Gasteiger partial charge on any atom is -0.496 e. The van der Waals surface area contributed by atoms with Gasteiger partial charge in [0.15, 0.2) is 0 Å². The second-order valence-electron chi connectivity index (χ2n) is 4.88. The molecule has 2 N–H and O–H groups in total. The number of rotatable bonds is 4. The van der Waals surface area contributed by atoms with Crippen molar-refractivity contribution >= 4 is 16.6 Å². The molecule has 0 atom stereocenters. The van der Waals surface area contributed by atoms with Crippen LogP contribution < -0.4 is 10.1 Å². The Labute approximate surface area is 107 Å². The summed E-state index contributed by atoms with van der Waals surface area (Å²) in [6, 6.07) is 7.75. The zero-order chi connectivity index (χ0) is 13.2. The number of nitrogens with one attached hydrogen (secondary N) is 1. The molecule has 0 bridgehead atoms. The number of benzene rings is 1. The molecule has 0 saturated heterocycles. The lowest BCUT2D eigenvalue weighted by atomic mass is 10.1. The average molecular weight is 246 g/mol. The minimum absolute atomic E-state index is 0.441. The van der Waals surface area contributed by atoms with E-state index in [1.807, 2.05) is 24.3 Å². The monoisotopic (exact) mass is 246 g/mol. The minimum atomic E-state index is -0.775. The van der Waals surface area contributed by atoms with E-state index in [9.17, 15) is 5.11 Å². The standard InChI is InChI=1S/C14H18N2O2/c1-14(2,17)9-16-13-11-5-4-6-12(18-3)10(11)7-8-15-13/h4-8,17H,9H2,1-3H3,(H,15,16). The highest BCUT2D eigenvalue weighted by Crippen LogP contribution is 2.29. The summed E-state index contributed by atoms with van der Waals surface area (Å²) in [5.41, 5.74) is -0.775. The fourth-order valence-corrected chi connectivity index (χ4v) is 1.80. The molecule has 4 heteroatoms. The highest BCUT2D eigenvalue weighted by atomic mass is 16.5. The van der Waals surface area contributed by atoms with Crippen LogP contribution in [0.5, 0.6) is 5.75 Å². The first kappa shape index (κ1) is 12.6. The smallest absolute Gasteiger partial charge is 0.134 e. The van der Waals surface area contributed by atoms with Crippen molar-refractivity contribution in [2.45, 2.75) is 19.4 Å². The largest absolute Gasteiger partial charge is 0.496 e. The third-order valence-electron chi connectivity index (χ3n) is 2.67. The van der Waals surface area contributed by atoms with Crippen LogP contribution in [0, 0.1) is 0 Å². The van der Waals surface area contributed by atoms with E-state index in [-0.39, 0.29) is 0 Å². The van der Waals surface area contributed by atoms with Gasteiger partial charge in [-0.25, -0.2) is 4.98 Å². The van der Waals surface area contributed by atoms with E-state index < -0.39 is 5.60 Å². The number of ether oxygens (including phenoxy) is 1. The molecule has 4 nitrogen and oxygen atoms in total. The summed E-state index contributed by atoms with van der Waals surface area (Å²) < 4.78 is 5.32. The Hall–Kier alpha value is -1.81. The summed E-state index contributed by atoms with van der Waals surface area (Å²) >= 11 is 0. The zero-order valence-corrected chi connectivity index (χ0v) is 10.9. The molecule has 2 rings (SSSR count). The SMILES string of the molecule is COc1cccc2c(NCC(C)(C)O)nccc12. The molecule has 0 amide bonds. The van der Waals surface area contributed by atoms with E-state index in [0.29, 0.717) is 6.54 Å². The second kappa shape index (κ2) is 4.82. The first-order chi connectivity index (χ1) is 8.51. The van der Waals surface area contributed by atoms with E-state index in [0.717, 1.165) is 22.3 Å². The lowest BCUT2D eigenvalue weighted by Gasteiger charge is -2.19. The molecule has 2 aromatic rings. The molecule has 1 aromatic heterocycles. The molecule has 0 fully saturated rings. The molecule has 0 aliphatic heterocycles. The van der Waals surface area contributed by atoms with Crippen molar-refractivity contribution in [1.82, 2.24) is 4.98 Å². The fraction of sp³-hybridized carbons (Fsp3) is 0.357. The summed E-state index contributed by atoms with van der Waals surface area (Å²) in [4.78, 5) is 4.31. The van der Waals surface area contributed by atoms with Crippen molar-refractivity contribution in [3.05, 3.63) is 30.5 Å². The molecular weight excluding hydrogens is 228 g/mol. The molecule has 0 spiro atoms. The van der Waals surface area contributed by atoms with E-state index in [1.54, 1.807) is 27.2 Å². The molecule has 0 saturated carbocycles. The van der Waals surface area contributed by atoms with Gasteiger partial charge in [-0.3, -0.25) is 0 Å². The number of hydrogen-bond acceptors (Lipinski definition) is 4. The number of fused-ring (bicyclic) bond motifs is 1. The first-order valence-electron chi connectivity index (χ1n) is 5.89. The summed E-state index contributed by atoms with van der Waals surface area (Å²) in [5.74, 6) is 1.58. The predicted molar refractivity (Wildman–Crippen MR) is 73.1 cm³/mol. The van der Waals surface area contributed by atoms with Gasteiger partial charge in [0.05, 0.1) is 12.7 Å². The Morgan fingerprint density at radius 3 is 2.72 bits per heavy atom. The van der Waals surface area contributed by atoms with Crippen LogP contribution in [0.25, 0.3) is 10.8 Å². The van der Waals surface area contributed by atoms with E-state index >= 15 is 0 Å². The number of nitrogens with zero attached hydrogens (tertiary/aromatic N) is 1. The van der Waals surface area contributed by atoms with Gasteiger partial charge in [-0.2, -0.15) is 0 Å². The van der Waals surface area contributed by atoms with Crippen LogP contribution in [-0.4, -0.2) is 29.3 Å². The van der Waals surface area contributed by atoms with Crippen molar-refractivity contribution in [3.63, 3.8) is 0 Å². The number of aliphatic hydroxyl groups is 1. The van der Waals surface area contributed by atoms with Gasteiger partial charge in [-0.15, -0.1) is 0 Å². The molecule has 96 valence electrons. The van der Waals surface area contributed by atoms with Crippen LogP contribution >= 0.6 is 0 Å². The Balaban J connectivity index is 2.40. The van der Waals surface area contributed by atoms with Crippen LogP contribution in [0.1, 0.15) is 13.8 Å². The lowest BCUT2D eigenvalue weighted by Crippen LogP contribution is -2.29. The van der Waals surface area contributed by atoms with Gasteiger partial charge in [-0.05, 0) is 26.0 Å². The van der Waals surface area contributed by atoms with Gasteiger partial charge in [0.2, 0.25) is 0 Å². The Morgan fingerprint density at radius 2 is 2.06 bits per heavy atom. The van der Waals surface area contributed by atoms with E-state index in [1.165, 1.54) is 0 Å². The van der Waals surface area contributed by atoms with Gasteiger partial charge >= 0.3 is 0 Å². The number of pyridine rings is 1. The van der Waals surface area contributed by atoms with Gasteiger partial charge in [-0.1, -0.05) is 12.1 Å². The van der Waals surface area contributed by atoms with Crippen molar-refractivity contribution in [2.24, 2.45) is 0 Å². The quantitative estimate of drug-likeness (QED) is 0.870. The van der Waals surface area contributed by atoms with Crippen LogP contribution in [0.3, 0.4) is 0 Å². The number of hydrogen-bond donors (Lipinski definition) is 2. The maximum atomic E-state index is 9.74. The van der Waals surface area contributed by atoms with E-state index in [2.05, 4.69) is 10.3 Å². The topological polar surface area (TPSA) is 54.4 Å². The summed E-state index contributed by atoms with van der Waals surface area (Å²) in [6.07, 6.45) is 1.73. The maximum Gasteiger partial charge on any atom is 0.134 e. The molecular formula is C14H18N2O2. The maximum absolute atomic E-state index is 9.74. The molecule has 0 aliphatic rings. The van der Waals surface area contributed by atoms with Crippen molar-refractivity contribution < 1.29 is 9.84 Å². The third kappa shape index (κ3) is 2.71. The number of methoxy groups -OCH3 is 1. The predicted octanol–water partition coefficient (Wildman–Crippen LogP) is 2.43. The molecule has 18 heavy (non-hydrogen) atoms.